The van der Waals surface area contributed by atoms with Gasteiger partial charge in [-0.05, 0) is 67.9 Å². The first-order valence-electron chi connectivity index (χ1n) is 11.4. The number of unbranched alkanes of at least 4 members (excludes halogenated alkanes) is 3. The van der Waals surface area contributed by atoms with Crippen LogP contribution in [0.2, 0.25) is 0 Å². The van der Waals surface area contributed by atoms with Crippen molar-refractivity contribution in [2.24, 2.45) is 0 Å². The third-order valence-corrected chi connectivity index (χ3v) is 7.58. The Hall–Kier alpha value is -2.30. The number of halogens is 3. The number of nitrogens with zero attached hydrogens (tertiary/aromatic N) is 2. The molecule has 0 atom stereocenters. The van der Waals surface area contributed by atoms with Crippen LogP contribution >= 0.6 is 0 Å². The predicted octanol–water partition coefficient (Wildman–Crippen LogP) is 4.80. The Morgan fingerprint density at radius 3 is 2.18 bits per heavy atom. The average Bonchev–Trinajstić information content (AvgIpc) is 2.83. The van der Waals surface area contributed by atoms with Gasteiger partial charge in [-0.15, -0.1) is 0 Å². The fraction of sp³-hybridized carbons (Fsp3) is 0.500. The van der Waals surface area contributed by atoms with Crippen LogP contribution in [0.1, 0.15) is 31.2 Å². The number of ether oxygens (including phenoxy) is 2. The zero-order valence-corrected chi connectivity index (χ0v) is 20.1. The molecule has 1 aliphatic heterocycles. The monoisotopic (exact) mass is 500 g/mol. The Morgan fingerprint density at radius 2 is 1.56 bits per heavy atom. The van der Waals surface area contributed by atoms with E-state index in [1.54, 1.807) is 24.3 Å². The van der Waals surface area contributed by atoms with E-state index >= 15 is 0 Å². The van der Waals surface area contributed by atoms with Crippen molar-refractivity contribution in [3.8, 4) is 5.75 Å². The molecule has 0 spiro atoms. The number of anilines is 1. The van der Waals surface area contributed by atoms with E-state index in [1.165, 1.54) is 7.05 Å². The molecule has 6 nitrogen and oxygen atoms in total. The summed E-state index contributed by atoms with van der Waals surface area (Å²) in [5.41, 5.74) is -0.511. The molecule has 188 valence electrons. The van der Waals surface area contributed by atoms with E-state index in [9.17, 15) is 21.6 Å². The number of alkyl halides is 3. The van der Waals surface area contributed by atoms with Crippen molar-refractivity contribution in [1.29, 1.82) is 0 Å². The van der Waals surface area contributed by atoms with Gasteiger partial charge in [0.05, 0.1) is 36.0 Å². The van der Waals surface area contributed by atoms with E-state index < -0.39 is 21.8 Å². The van der Waals surface area contributed by atoms with Crippen LogP contribution in [0.3, 0.4) is 0 Å². The summed E-state index contributed by atoms with van der Waals surface area (Å²) >= 11 is 0. The maximum Gasteiger partial charge on any atom is 0.416 e. The fourth-order valence-corrected chi connectivity index (χ4v) is 4.87. The molecule has 1 fully saturated rings. The first-order chi connectivity index (χ1) is 16.2. The van der Waals surface area contributed by atoms with Crippen LogP contribution in [-0.2, 0) is 20.9 Å². The molecule has 1 saturated heterocycles. The molecule has 1 heterocycles. The van der Waals surface area contributed by atoms with Gasteiger partial charge in [0, 0.05) is 20.1 Å². The van der Waals surface area contributed by atoms with E-state index in [0.29, 0.717) is 18.0 Å². The molecule has 0 aliphatic carbocycles. The van der Waals surface area contributed by atoms with Gasteiger partial charge in [0.15, 0.2) is 0 Å². The summed E-state index contributed by atoms with van der Waals surface area (Å²) in [5.74, 6) is 0.636. The molecule has 3 rings (SSSR count). The van der Waals surface area contributed by atoms with Gasteiger partial charge in [0.25, 0.3) is 10.0 Å². The lowest BCUT2D eigenvalue weighted by molar-refractivity contribution is -0.137. The van der Waals surface area contributed by atoms with E-state index in [4.69, 9.17) is 9.47 Å². The topological polar surface area (TPSA) is 59.1 Å². The Labute approximate surface area is 199 Å². The van der Waals surface area contributed by atoms with Crippen LogP contribution in [0.5, 0.6) is 5.75 Å². The van der Waals surface area contributed by atoms with Gasteiger partial charge in [0.2, 0.25) is 0 Å². The third kappa shape index (κ3) is 7.35. The van der Waals surface area contributed by atoms with Crippen molar-refractivity contribution < 1.29 is 31.1 Å². The van der Waals surface area contributed by atoms with Crippen LogP contribution in [-0.4, -0.2) is 59.8 Å². The standard InChI is InChI=1S/C24H31F3N2O4S/c1-28(34(30,31)23-12-6-20(7-13-23)24(25,26)27)21-8-10-22(11-9-21)33-17-5-3-2-4-14-29-15-18-32-19-16-29/h6-13H,2-5,14-19H2,1H3. The van der Waals surface area contributed by atoms with Crippen LogP contribution in [0, 0.1) is 0 Å². The first-order valence-corrected chi connectivity index (χ1v) is 12.8. The van der Waals surface area contributed by atoms with Gasteiger partial charge in [-0.1, -0.05) is 12.8 Å². The second kappa shape index (κ2) is 11.9. The normalized spacial score (nSPS) is 15.3. The maximum atomic E-state index is 12.8. The largest absolute Gasteiger partial charge is 0.494 e. The highest BCUT2D eigenvalue weighted by atomic mass is 32.2. The smallest absolute Gasteiger partial charge is 0.416 e. The van der Waals surface area contributed by atoms with Gasteiger partial charge in [-0.2, -0.15) is 13.2 Å². The van der Waals surface area contributed by atoms with Gasteiger partial charge in [0.1, 0.15) is 5.75 Å². The summed E-state index contributed by atoms with van der Waals surface area (Å²) in [6, 6.07) is 10.1. The molecule has 34 heavy (non-hydrogen) atoms. The molecule has 0 unspecified atom stereocenters. The molecule has 0 bridgehead atoms. The van der Waals surface area contributed by atoms with Gasteiger partial charge in [-0.3, -0.25) is 9.21 Å². The molecule has 0 N–H and O–H groups in total. The van der Waals surface area contributed by atoms with E-state index in [1.807, 2.05) is 0 Å². The molecular formula is C24H31F3N2O4S. The lowest BCUT2D eigenvalue weighted by Crippen LogP contribution is -2.36. The van der Waals surface area contributed by atoms with Gasteiger partial charge >= 0.3 is 6.18 Å². The predicted molar refractivity (Wildman–Crippen MR) is 125 cm³/mol. The zero-order chi connectivity index (χ0) is 24.6. The highest BCUT2D eigenvalue weighted by molar-refractivity contribution is 7.92. The molecule has 0 amide bonds. The van der Waals surface area contributed by atoms with Crippen molar-refractivity contribution in [3.63, 3.8) is 0 Å². The van der Waals surface area contributed by atoms with E-state index in [2.05, 4.69) is 4.90 Å². The summed E-state index contributed by atoms with van der Waals surface area (Å²) in [6.45, 7) is 5.36. The number of hydrogen-bond acceptors (Lipinski definition) is 5. The van der Waals surface area contributed by atoms with Crippen molar-refractivity contribution in [1.82, 2.24) is 4.90 Å². The molecule has 10 heteroatoms. The van der Waals surface area contributed by atoms with Crippen molar-refractivity contribution in [2.75, 3.05) is 50.8 Å². The molecule has 0 radical (unpaired) electrons. The van der Waals surface area contributed by atoms with E-state index in [0.717, 1.165) is 87.1 Å². The Morgan fingerprint density at radius 1 is 0.941 bits per heavy atom. The number of rotatable bonds is 11. The van der Waals surface area contributed by atoms with Crippen LogP contribution in [0.25, 0.3) is 0 Å². The second-order valence-corrected chi connectivity index (χ2v) is 10.2. The highest BCUT2D eigenvalue weighted by Crippen LogP contribution is 2.31. The molecule has 0 saturated carbocycles. The number of morpholine rings is 1. The molecule has 2 aromatic rings. The quantitative estimate of drug-likeness (QED) is 0.415. The van der Waals surface area contributed by atoms with Crippen LogP contribution in [0.4, 0.5) is 18.9 Å². The summed E-state index contributed by atoms with van der Waals surface area (Å²) in [7, 11) is -2.63. The molecule has 2 aromatic carbocycles. The molecule has 1 aliphatic rings. The van der Waals surface area contributed by atoms with Gasteiger partial charge in [-0.25, -0.2) is 8.42 Å². The van der Waals surface area contributed by atoms with Crippen LogP contribution in [0.15, 0.2) is 53.4 Å². The Balaban J connectivity index is 1.43. The fourth-order valence-electron chi connectivity index (χ4n) is 3.67. The Kier molecular flexibility index (Phi) is 9.21. The second-order valence-electron chi connectivity index (χ2n) is 8.21. The highest BCUT2D eigenvalue weighted by Gasteiger charge is 2.31. The number of hydrogen-bond donors (Lipinski definition) is 0. The van der Waals surface area contributed by atoms with E-state index in [-0.39, 0.29) is 4.90 Å². The van der Waals surface area contributed by atoms with Crippen molar-refractivity contribution in [2.45, 2.75) is 36.8 Å². The zero-order valence-electron chi connectivity index (χ0n) is 19.3. The summed E-state index contributed by atoms with van der Waals surface area (Å²) < 4.78 is 75.9. The number of benzene rings is 2. The van der Waals surface area contributed by atoms with Crippen molar-refractivity contribution in [3.05, 3.63) is 54.1 Å². The average molecular weight is 501 g/mol. The minimum atomic E-state index is -4.52. The van der Waals surface area contributed by atoms with Gasteiger partial charge < -0.3 is 9.47 Å². The summed E-state index contributed by atoms with van der Waals surface area (Å²) in [6.07, 6.45) is -0.197. The molecule has 0 aromatic heterocycles. The molecular weight excluding hydrogens is 469 g/mol. The third-order valence-electron chi connectivity index (χ3n) is 5.78. The lowest BCUT2D eigenvalue weighted by atomic mass is 10.2. The number of sulfonamides is 1. The Bertz CT molecular complexity index is 990. The first kappa shape index (κ1) is 26.3. The van der Waals surface area contributed by atoms with Crippen molar-refractivity contribution >= 4 is 15.7 Å². The lowest BCUT2D eigenvalue weighted by Gasteiger charge is -2.26. The van der Waals surface area contributed by atoms with Crippen LogP contribution < -0.4 is 9.04 Å². The summed E-state index contributed by atoms with van der Waals surface area (Å²) in [4.78, 5) is 2.22. The SMILES string of the molecule is CN(c1ccc(OCCCCCCN2CCOCC2)cc1)S(=O)(=O)c1ccc(C(F)(F)F)cc1. The maximum absolute atomic E-state index is 12.8. The minimum absolute atomic E-state index is 0.211. The minimum Gasteiger partial charge on any atom is -0.494 e. The summed E-state index contributed by atoms with van der Waals surface area (Å²) in [5, 5.41) is 0.